The Morgan fingerprint density at radius 1 is 1.27 bits per heavy atom. The predicted octanol–water partition coefficient (Wildman–Crippen LogP) is 3.50. The van der Waals surface area contributed by atoms with Gasteiger partial charge in [0.2, 0.25) is 0 Å². The highest BCUT2D eigenvalue weighted by Crippen LogP contribution is 2.42. The van der Waals surface area contributed by atoms with E-state index in [-0.39, 0.29) is 45.4 Å². The zero-order chi connectivity index (χ0) is 27.0. The summed E-state index contributed by atoms with van der Waals surface area (Å²) in [7, 11) is 0. The number of rotatable bonds is 6. The number of likely N-dealkylation sites (tertiary alicyclic amines) is 1. The van der Waals surface area contributed by atoms with Crippen molar-refractivity contribution in [2.24, 2.45) is 0 Å². The highest BCUT2D eigenvalue weighted by molar-refractivity contribution is 7.17. The van der Waals surface area contributed by atoms with Crippen LogP contribution in [-0.2, 0) is 12.7 Å². The van der Waals surface area contributed by atoms with Gasteiger partial charge in [0.1, 0.15) is 11.5 Å². The molecule has 0 spiro atoms. The Bertz CT molecular complexity index is 1290. The summed E-state index contributed by atoms with van der Waals surface area (Å²) in [6.45, 7) is 7.66. The number of carbonyl (C=O) groups excluding carboxylic acids is 2. The molecule has 0 aliphatic carbocycles. The summed E-state index contributed by atoms with van der Waals surface area (Å²) in [6, 6.07) is 0.806. The van der Waals surface area contributed by atoms with Gasteiger partial charge in [0, 0.05) is 29.9 Å². The van der Waals surface area contributed by atoms with Crippen LogP contribution in [0.1, 0.15) is 72.2 Å². The number of thiazole rings is 1. The molecule has 1 saturated heterocycles. The van der Waals surface area contributed by atoms with E-state index < -0.39 is 29.1 Å². The summed E-state index contributed by atoms with van der Waals surface area (Å²) in [4.78, 5) is 36.1. The van der Waals surface area contributed by atoms with Crippen LogP contribution in [0.25, 0.3) is 10.4 Å². The van der Waals surface area contributed by atoms with Crippen LogP contribution in [0.4, 0.5) is 19.0 Å². The van der Waals surface area contributed by atoms with Gasteiger partial charge in [-0.25, -0.2) is 15.1 Å². The summed E-state index contributed by atoms with van der Waals surface area (Å²) in [5.74, 6) is -0.894. The lowest BCUT2D eigenvalue weighted by molar-refractivity contribution is -0.137. The first-order valence-electron chi connectivity index (χ1n) is 11.5. The summed E-state index contributed by atoms with van der Waals surface area (Å²) >= 11 is 0.703. The fourth-order valence-electron chi connectivity index (χ4n) is 3.93. The van der Waals surface area contributed by atoms with Crippen molar-refractivity contribution < 1.29 is 22.8 Å². The van der Waals surface area contributed by atoms with Crippen LogP contribution in [-0.4, -0.2) is 65.4 Å². The second kappa shape index (κ2) is 10.0. The lowest BCUT2D eigenvalue weighted by Gasteiger charge is -2.23. The van der Waals surface area contributed by atoms with E-state index in [9.17, 15) is 22.8 Å². The van der Waals surface area contributed by atoms with Crippen LogP contribution in [0.15, 0.2) is 12.3 Å². The van der Waals surface area contributed by atoms with Gasteiger partial charge in [0.15, 0.2) is 10.8 Å². The molecule has 4 heterocycles. The Balaban J connectivity index is 1.78. The van der Waals surface area contributed by atoms with E-state index in [1.54, 1.807) is 25.7 Å². The minimum atomic E-state index is -4.75. The molecular formula is C22H26F3N9O2S. The van der Waals surface area contributed by atoms with E-state index in [1.165, 1.54) is 0 Å². The van der Waals surface area contributed by atoms with Gasteiger partial charge in [0.05, 0.1) is 17.0 Å². The van der Waals surface area contributed by atoms with Crippen molar-refractivity contribution in [3.8, 4) is 10.4 Å². The number of carbonyl (C=O) groups is 2. The lowest BCUT2D eigenvalue weighted by Crippen LogP contribution is -2.34. The molecule has 0 aromatic carbocycles. The monoisotopic (exact) mass is 537 g/mol. The Labute approximate surface area is 214 Å². The molecule has 198 valence electrons. The third kappa shape index (κ3) is 6.03. The van der Waals surface area contributed by atoms with Crippen LogP contribution in [0.5, 0.6) is 0 Å². The number of pyridine rings is 1. The molecule has 0 bridgehead atoms. The molecular weight excluding hydrogens is 511 g/mol. The summed E-state index contributed by atoms with van der Waals surface area (Å²) in [5.41, 5.74) is -2.05. The van der Waals surface area contributed by atoms with Gasteiger partial charge in [-0.15, -0.1) is 16.4 Å². The molecule has 3 N–H and O–H groups in total. The summed E-state index contributed by atoms with van der Waals surface area (Å²) < 4.78 is 42.7. The van der Waals surface area contributed by atoms with Gasteiger partial charge in [-0.2, -0.15) is 13.2 Å². The molecule has 1 unspecified atom stereocenters. The molecule has 11 nitrogen and oxygen atoms in total. The topological polar surface area (TPSA) is 142 Å². The van der Waals surface area contributed by atoms with Crippen LogP contribution in [0, 0.1) is 0 Å². The molecule has 3 aromatic heterocycles. The van der Waals surface area contributed by atoms with E-state index in [1.807, 2.05) is 6.92 Å². The van der Waals surface area contributed by atoms with Crippen LogP contribution in [0.3, 0.4) is 0 Å². The molecule has 1 aliphatic rings. The molecule has 2 amide bonds. The van der Waals surface area contributed by atoms with E-state index in [0.29, 0.717) is 17.9 Å². The fourth-order valence-corrected chi connectivity index (χ4v) is 4.93. The molecule has 4 rings (SSSR count). The molecule has 0 saturated carbocycles. The molecule has 1 aliphatic heterocycles. The van der Waals surface area contributed by atoms with Crippen LogP contribution < -0.4 is 10.6 Å². The Hall–Kier alpha value is -3.62. The smallest absolute Gasteiger partial charge is 0.365 e. The summed E-state index contributed by atoms with van der Waals surface area (Å²) in [6.07, 6.45) is -2.14. The maximum Gasteiger partial charge on any atom is 0.417 e. The average Bonchev–Trinajstić information content (AvgIpc) is 3.56. The molecule has 15 heteroatoms. The highest BCUT2D eigenvalue weighted by atomic mass is 32.1. The number of aromatic nitrogens is 6. The Morgan fingerprint density at radius 2 is 2.03 bits per heavy atom. The van der Waals surface area contributed by atoms with Crippen molar-refractivity contribution in [1.82, 2.24) is 40.8 Å². The Kier molecular flexibility index (Phi) is 7.17. The first-order chi connectivity index (χ1) is 17.3. The molecule has 1 atom stereocenters. The standard InChI is InChI=1S/C22H26F3N9O2S/c1-11-6-5-7-34(11)20(36)16-17(37-19(28-16)18(35)27-10-15-30-32-33-31-15)12-9-26-14(29-21(2,3)4)8-13(12)22(23,24)25/h8-9,11H,5-7,10H2,1-4H3,(H,26,29)(H,27,35)(H,30,31,32,33). The number of nitrogens with one attached hydrogen (secondary N) is 3. The number of hydrogen-bond acceptors (Lipinski definition) is 9. The zero-order valence-electron chi connectivity index (χ0n) is 20.6. The second-order valence-corrected chi connectivity index (χ2v) is 10.7. The summed E-state index contributed by atoms with van der Waals surface area (Å²) in [5, 5.41) is 18.3. The first-order valence-corrected chi connectivity index (χ1v) is 12.3. The number of anilines is 1. The number of alkyl halides is 3. The maximum atomic E-state index is 14.2. The van der Waals surface area contributed by atoms with E-state index in [4.69, 9.17) is 0 Å². The quantitative estimate of drug-likeness (QED) is 0.434. The van der Waals surface area contributed by atoms with Gasteiger partial charge in [-0.1, -0.05) is 0 Å². The molecule has 37 heavy (non-hydrogen) atoms. The fraction of sp³-hybridized carbons (Fsp3) is 0.500. The predicted molar refractivity (Wildman–Crippen MR) is 129 cm³/mol. The van der Waals surface area contributed by atoms with Gasteiger partial charge in [0.25, 0.3) is 11.8 Å². The van der Waals surface area contributed by atoms with Gasteiger partial charge < -0.3 is 15.5 Å². The second-order valence-electron chi connectivity index (χ2n) is 9.71. The SMILES string of the molecule is CC1CCCN1C(=O)c1nc(C(=O)NCc2nnn[nH]2)sc1-c1cnc(NC(C)(C)C)cc1C(F)(F)F. The maximum absolute atomic E-state index is 14.2. The third-order valence-electron chi connectivity index (χ3n) is 5.60. The number of hydrogen-bond donors (Lipinski definition) is 3. The minimum Gasteiger partial charge on any atom is -0.365 e. The van der Waals surface area contributed by atoms with Crippen molar-refractivity contribution in [3.05, 3.63) is 34.4 Å². The number of amides is 2. The van der Waals surface area contributed by atoms with E-state index in [0.717, 1.165) is 25.1 Å². The van der Waals surface area contributed by atoms with Gasteiger partial charge in [-0.05, 0) is 57.0 Å². The largest absolute Gasteiger partial charge is 0.417 e. The van der Waals surface area contributed by atoms with Crippen molar-refractivity contribution in [2.75, 3.05) is 11.9 Å². The normalized spacial score (nSPS) is 16.2. The van der Waals surface area contributed by atoms with Crippen molar-refractivity contribution in [1.29, 1.82) is 0 Å². The number of H-pyrrole nitrogens is 1. The molecule has 1 fully saturated rings. The van der Waals surface area contributed by atoms with Crippen LogP contribution in [0.2, 0.25) is 0 Å². The minimum absolute atomic E-state index is 0.0350. The number of aromatic amines is 1. The number of halogens is 3. The average molecular weight is 538 g/mol. The zero-order valence-corrected chi connectivity index (χ0v) is 21.4. The third-order valence-corrected chi connectivity index (χ3v) is 6.69. The van der Waals surface area contributed by atoms with Crippen molar-refractivity contribution in [2.45, 2.75) is 64.8 Å². The highest BCUT2D eigenvalue weighted by Gasteiger charge is 2.38. The first kappa shape index (κ1) is 26.4. The number of nitrogens with zero attached hydrogens (tertiary/aromatic N) is 6. The molecule has 0 radical (unpaired) electrons. The van der Waals surface area contributed by atoms with E-state index in [2.05, 4.69) is 41.2 Å². The Morgan fingerprint density at radius 3 is 2.62 bits per heavy atom. The lowest BCUT2D eigenvalue weighted by atomic mass is 10.1. The van der Waals surface area contributed by atoms with Crippen molar-refractivity contribution in [3.63, 3.8) is 0 Å². The van der Waals surface area contributed by atoms with Crippen LogP contribution >= 0.6 is 11.3 Å². The number of tetrazole rings is 1. The molecule has 3 aromatic rings. The van der Waals surface area contributed by atoms with E-state index >= 15 is 0 Å². The van der Waals surface area contributed by atoms with Gasteiger partial charge in [-0.3, -0.25) is 9.59 Å². The van der Waals surface area contributed by atoms with Crippen molar-refractivity contribution >= 4 is 29.0 Å². The van der Waals surface area contributed by atoms with Gasteiger partial charge >= 0.3 is 6.18 Å².